The lowest BCUT2D eigenvalue weighted by molar-refractivity contribution is -0.116. The molecule has 0 aliphatic carbocycles. The van der Waals surface area contributed by atoms with Crippen LogP contribution in [0, 0.1) is 5.82 Å². The molecule has 13 heavy (non-hydrogen) atoms. The molecule has 1 rings (SSSR count). The molecule has 0 saturated carbocycles. The van der Waals surface area contributed by atoms with Crippen LogP contribution in [0.4, 0.5) is 10.1 Å². The van der Waals surface area contributed by atoms with Gasteiger partial charge in [-0.05, 0) is 28.1 Å². The molecule has 0 spiro atoms. The highest BCUT2D eigenvalue weighted by molar-refractivity contribution is 9.10. The van der Waals surface area contributed by atoms with Crippen molar-refractivity contribution < 1.29 is 9.18 Å². The van der Waals surface area contributed by atoms with Gasteiger partial charge in [-0.2, -0.15) is 0 Å². The highest BCUT2D eigenvalue weighted by atomic mass is 79.9. The molecule has 3 N–H and O–H groups in total. The summed E-state index contributed by atoms with van der Waals surface area (Å²) in [6.45, 7) is -0.0760. The molecule has 0 aromatic heterocycles. The average molecular weight is 247 g/mol. The van der Waals surface area contributed by atoms with E-state index >= 15 is 0 Å². The van der Waals surface area contributed by atoms with Crippen LogP contribution >= 0.6 is 15.9 Å². The summed E-state index contributed by atoms with van der Waals surface area (Å²) in [6.07, 6.45) is 0. The number of nitrogens with one attached hydrogen (secondary N) is 1. The molecule has 0 bridgehead atoms. The number of anilines is 1. The van der Waals surface area contributed by atoms with Gasteiger partial charge in [0.1, 0.15) is 0 Å². The Kier molecular flexibility index (Phi) is 3.25. The van der Waals surface area contributed by atoms with Gasteiger partial charge in [-0.25, -0.2) is 4.39 Å². The van der Waals surface area contributed by atoms with Crippen molar-refractivity contribution in [3.63, 3.8) is 0 Å². The van der Waals surface area contributed by atoms with E-state index in [2.05, 4.69) is 21.2 Å². The first-order valence-corrected chi connectivity index (χ1v) is 4.36. The second-order valence-corrected chi connectivity index (χ2v) is 3.28. The summed E-state index contributed by atoms with van der Waals surface area (Å²) < 4.78 is 13.5. The lowest BCUT2D eigenvalue weighted by atomic mass is 10.3. The molecular formula is C8H8BrFN2O. The van der Waals surface area contributed by atoms with Crippen molar-refractivity contribution in [2.24, 2.45) is 5.73 Å². The number of carbonyl (C=O) groups is 1. The van der Waals surface area contributed by atoms with Crippen LogP contribution in [-0.2, 0) is 4.79 Å². The van der Waals surface area contributed by atoms with Crippen molar-refractivity contribution in [3.05, 3.63) is 28.5 Å². The number of hydrogen-bond donors (Lipinski definition) is 2. The number of nitrogens with two attached hydrogens (primary N) is 1. The standard InChI is InChI=1S/C8H8BrFN2O/c9-5-2-1-3-6(8(5)10)12-4-7(11)13/h1-3,12H,4H2,(H2,11,13). The number of amides is 1. The molecule has 0 heterocycles. The lowest BCUT2D eigenvalue weighted by Gasteiger charge is -2.05. The number of halogens is 2. The van der Waals surface area contributed by atoms with Crippen molar-refractivity contribution in [1.29, 1.82) is 0 Å². The third kappa shape index (κ3) is 2.69. The molecule has 70 valence electrons. The van der Waals surface area contributed by atoms with Gasteiger partial charge in [-0.3, -0.25) is 4.79 Å². The summed E-state index contributed by atoms with van der Waals surface area (Å²) in [7, 11) is 0. The minimum Gasteiger partial charge on any atom is -0.374 e. The first-order chi connectivity index (χ1) is 6.11. The van der Waals surface area contributed by atoms with Crippen LogP contribution in [0.15, 0.2) is 22.7 Å². The van der Waals surface area contributed by atoms with Gasteiger partial charge in [0.15, 0.2) is 5.82 Å². The Labute approximate surface area is 83.2 Å². The molecule has 0 saturated heterocycles. The highest BCUT2D eigenvalue weighted by Crippen LogP contribution is 2.21. The maximum Gasteiger partial charge on any atom is 0.236 e. The Morgan fingerprint density at radius 1 is 1.62 bits per heavy atom. The molecular weight excluding hydrogens is 239 g/mol. The van der Waals surface area contributed by atoms with Crippen LogP contribution < -0.4 is 11.1 Å². The number of hydrogen-bond acceptors (Lipinski definition) is 2. The van der Waals surface area contributed by atoms with E-state index in [1.165, 1.54) is 6.07 Å². The molecule has 0 unspecified atom stereocenters. The molecule has 0 aliphatic heterocycles. The second kappa shape index (κ2) is 4.23. The molecule has 3 nitrogen and oxygen atoms in total. The minimum atomic E-state index is -0.528. The van der Waals surface area contributed by atoms with Gasteiger partial charge < -0.3 is 11.1 Å². The largest absolute Gasteiger partial charge is 0.374 e. The van der Waals surface area contributed by atoms with Gasteiger partial charge in [0.25, 0.3) is 0 Å². The SMILES string of the molecule is NC(=O)CNc1cccc(Br)c1F. The second-order valence-electron chi connectivity index (χ2n) is 2.42. The maximum absolute atomic E-state index is 13.2. The summed E-state index contributed by atoms with van der Waals surface area (Å²) in [4.78, 5) is 10.4. The molecule has 1 aromatic rings. The monoisotopic (exact) mass is 246 g/mol. The van der Waals surface area contributed by atoms with Gasteiger partial charge in [-0.1, -0.05) is 6.07 Å². The number of benzene rings is 1. The summed E-state index contributed by atoms with van der Waals surface area (Å²) in [5.74, 6) is -0.955. The zero-order valence-corrected chi connectivity index (χ0v) is 8.27. The van der Waals surface area contributed by atoms with Crippen molar-refractivity contribution in [3.8, 4) is 0 Å². The highest BCUT2D eigenvalue weighted by Gasteiger charge is 2.05. The fraction of sp³-hybridized carbons (Fsp3) is 0.125. The minimum absolute atomic E-state index is 0.0760. The molecule has 1 amide bonds. The zero-order valence-electron chi connectivity index (χ0n) is 6.68. The van der Waals surface area contributed by atoms with E-state index in [1.54, 1.807) is 12.1 Å². The van der Waals surface area contributed by atoms with Gasteiger partial charge in [-0.15, -0.1) is 0 Å². The first kappa shape index (κ1) is 9.98. The smallest absolute Gasteiger partial charge is 0.236 e. The third-order valence-corrected chi connectivity index (χ3v) is 2.02. The molecule has 5 heteroatoms. The molecule has 0 aliphatic rings. The van der Waals surface area contributed by atoms with Crippen LogP contribution in [0.2, 0.25) is 0 Å². The van der Waals surface area contributed by atoms with Gasteiger partial charge in [0, 0.05) is 0 Å². The topological polar surface area (TPSA) is 55.1 Å². The molecule has 0 atom stereocenters. The Morgan fingerprint density at radius 3 is 2.92 bits per heavy atom. The Hall–Kier alpha value is -1.10. The number of rotatable bonds is 3. The quantitative estimate of drug-likeness (QED) is 0.850. The fourth-order valence-corrected chi connectivity index (χ4v) is 1.19. The summed E-state index contributed by atoms with van der Waals surface area (Å²) in [5, 5.41) is 2.57. The molecule has 1 aromatic carbocycles. The summed E-state index contributed by atoms with van der Waals surface area (Å²) >= 11 is 3.02. The van der Waals surface area contributed by atoms with Crippen molar-refractivity contribution in [1.82, 2.24) is 0 Å². The van der Waals surface area contributed by atoms with Gasteiger partial charge in [0.2, 0.25) is 5.91 Å². The Morgan fingerprint density at radius 2 is 2.31 bits per heavy atom. The van der Waals surface area contributed by atoms with Gasteiger partial charge in [0.05, 0.1) is 16.7 Å². The van der Waals surface area contributed by atoms with E-state index < -0.39 is 11.7 Å². The summed E-state index contributed by atoms with van der Waals surface area (Å²) in [6, 6.07) is 4.77. The van der Waals surface area contributed by atoms with Crippen LogP contribution in [0.5, 0.6) is 0 Å². The van der Waals surface area contributed by atoms with Crippen molar-refractivity contribution in [2.45, 2.75) is 0 Å². The predicted molar refractivity (Wildman–Crippen MR) is 51.8 cm³/mol. The van der Waals surface area contributed by atoms with E-state index in [1.807, 2.05) is 0 Å². The van der Waals surface area contributed by atoms with E-state index in [0.717, 1.165) is 0 Å². The van der Waals surface area contributed by atoms with Crippen LogP contribution in [0.25, 0.3) is 0 Å². The average Bonchev–Trinajstić information content (AvgIpc) is 2.07. The molecule has 0 radical (unpaired) electrons. The van der Waals surface area contributed by atoms with E-state index in [-0.39, 0.29) is 12.2 Å². The normalized spacial score (nSPS) is 9.69. The first-order valence-electron chi connectivity index (χ1n) is 3.57. The van der Waals surface area contributed by atoms with E-state index in [4.69, 9.17) is 5.73 Å². The van der Waals surface area contributed by atoms with E-state index in [0.29, 0.717) is 4.47 Å². The number of primary amides is 1. The summed E-state index contributed by atoms with van der Waals surface area (Å²) in [5.41, 5.74) is 5.15. The fourth-order valence-electron chi connectivity index (χ4n) is 0.823. The third-order valence-electron chi connectivity index (χ3n) is 1.40. The number of carbonyl (C=O) groups excluding carboxylic acids is 1. The predicted octanol–water partition coefficient (Wildman–Crippen LogP) is 1.49. The van der Waals surface area contributed by atoms with Gasteiger partial charge >= 0.3 is 0 Å². The zero-order chi connectivity index (χ0) is 9.84. The van der Waals surface area contributed by atoms with Crippen molar-refractivity contribution in [2.75, 3.05) is 11.9 Å². The van der Waals surface area contributed by atoms with Crippen LogP contribution in [0.3, 0.4) is 0 Å². The molecule has 0 fully saturated rings. The van der Waals surface area contributed by atoms with Crippen LogP contribution in [0.1, 0.15) is 0 Å². The lowest BCUT2D eigenvalue weighted by Crippen LogP contribution is -2.22. The van der Waals surface area contributed by atoms with E-state index in [9.17, 15) is 9.18 Å². The Bertz CT molecular complexity index is 330. The maximum atomic E-state index is 13.2. The Balaban J connectivity index is 2.77. The van der Waals surface area contributed by atoms with Crippen molar-refractivity contribution >= 4 is 27.5 Å². The van der Waals surface area contributed by atoms with Crippen LogP contribution in [-0.4, -0.2) is 12.5 Å².